The lowest BCUT2D eigenvalue weighted by Crippen LogP contribution is -2.13. The molecular weight excluding hydrogens is 333 g/mol. The van der Waals surface area contributed by atoms with Crippen LogP contribution in [-0.2, 0) is 6.42 Å². The van der Waals surface area contributed by atoms with Crippen LogP contribution in [0.2, 0.25) is 10.0 Å². The second-order valence-electron chi connectivity index (χ2n) is 4.10. The zero-order valence-electron chi connectivity index (χ0n) is 9.54. The topological polar surface area (TPSA) is 26.0 Å². The molecule has 0 saturated carbocycles. The van der Waals surface area contributed by atoms with Crippen molar-refractivity contribution in [1.82, 2.24) is 0 Å². The van der Waals surface area contributed by atoms with Gasteiger partial charge in [0.2, 0.25) is 0 Å². The highest BCUT2D eigenvalue weighted by Gasteiger charge is 2.10. The van der Waals surface area contributed by atoms with Gasteiger partial charge in [0, 0.05) is 20.6 Å². The summed E-state index contributed by atoms with van der Waals surface area (Å²) in [6.07, 6.45) is 0.663. The average Bonchev–Trinajstić information content (AvgIpc) is 2.34. The molecule has 0 saturated heterocycles. The minimum Gasteiger partial charge on any atom is -0.324 e. The predicted octanol–water partition coefficient (Wildman–Crippen LogP) is 5.00. The second-order valence-corrected chi connectivity index (χ2v) is 5.86. The van der Waals surface area contributed by atoms with Crippen LogP contribution in [0.3, 0.4) is 0 Å². The van der Waals surface area contributed by atoms with Crippen LogP contribution in [0.5, 0.6) is 0 Å². The van der Waals surface area contributed by atoms with Gasteiger partial charge < -0.3 is 5.73 Å². The van der Waals surface area contributed by atoms with Crippen LogP contribution in [0.1, 0.15) is 17.2 Å². The normalized spacial score (nSPS) is 12.4. The zero-order chi connectivity index (χ0) is 13.1. The fourth-order valence-electron chi connectivity index (χ4n) is 1.79. The van der Waals surface area contributed by atoms with Crippen molar-refractivity contribution >= 4 is 39.1 Å². The fourth-order valence-corrected chi connectivity index (χ4v) is 2.60. The van der Waals surface area contributed by atoms with Crippen LogP contribution >= 0.6 is 39.1 Å². The zero-order valence-corrected chi connectivity index (χ0v) is 12.6. The molecule has 0 aliphatic carbocycles. The van der Waals surface area contributed by atoms with Crippen molar-refractivity contribution in [3.8, 4) is 0 Å². The first-order valence-corrected chi connectivity index (χ1v) is 7.06. The summed E-state index contributed by atoms with van der Waals surface area (Å²) < 4.78 is 1.02. The van der Waals surface area contributed by atoms with Gasteiger partial charge in [-0.05, 0) is 47.9 Å². The van der Waals surface area contributed by atoms with Gasteiger partial charge in [-0.15, -0.1) is 0 Å². The van der Waals surface area contributed by atoms with Crippen LogP contribution in [0.15, 0.2) is 46.9 Å². The van der Waals surface area contributed by atoms with E-state index in [0.717, 1.165) is 15.6 Å². The smallest absolute Gasteiger partial charge is 0.0439 e. The molecule has 4 heteroatoms. The van der Waals surface area contributed by atoms with Crippen molar-refractivity contribution in [2.75, 3.05) is 0 Å². The Morgan fingerprint density at radius 2 is 1.89 bits per heavy atom. The van der Waals surface area contributed by atoms with E-state index in [0.29, 0.717) is 16.5 Å². The summed E-state index contributed by atoms with van der Waals surface area (Å²) in [5.74, 6) is 0. The lowest BCUT2D eigenvalue weighted by molar-refractivity contribution is 0.721. The Morgan fingerprint density at radius 3 is 2.61 bits per heavy atom. The molecule has 0 spiro atoms. The molecule has 0 amide bonds. The van der Waals surface area contributed by atoms with E-state index >= 15 is 0 Å². The average molecular weight is 345 g/mol. The van der Waals surface area contributed by atoms with Crippen LogP contribution < -0.4 is 5.73 Å². The highest BCUT2D eigenvalue weighted by Crippen LogP contribution is 2.26. The Morgan fingerprint density at radius 1 is 1.11 bits per heavy atom. The van der Waals surface area contributed by atoms with Crippen LogP contribution in [-0.4, -0.2) is 0 Å². The Bertz CT molecular complexity index is 557. The lowest BCUT2D eigenvalue weighted by Gasteiger charge is -2.13. The first kappa shape index (κ1) is 13.9. The van der Waals surface area contributed by atoms with Gasteiger partial charge in [0.05, 0.1) is 0 Å². The maximum Gasteiger partial charge on any atom is 0.0439 e. The summed E-state index contributed by atoms with van der Waals surface area (Å²) in [7, 11) is 0. The highest BCUT2D eigenvalue weighted by molar-refractivity contribution is 9.10. The standard InChI is InChI=1S/C14H12BrCl2N/c15-11-3-1-2-9(6-11)14(18)8-10-7-12(16)4-5-13(10)17/h1-7,14H,8,18H2. The molecule has 1 nitrogen and oxygen atoms in total. The third-order valence-electron chi connectivity index (χ3n) is 2.72. The molecule has 1 unspecified atom stereocenters. The van der Waals surface area contributed by atoms with Gasteiger partial charge in [0.1, 0.15) is 0 Å². The van der Waals surface area contributed by atoms with Crippen molar-refractivity contribution in [1.29, 1.82) is 0 Å². The summed E-state index contributed by atoms with van der Waals surface area (Å²) in [4.78, 5) is 0. The minimum absolute atomic E-state index is 0.0986. The molecule has 0 aliphatic rings. The number of benzene rings is 2. The van der Waals surface area contributed by atoms with Gasteiger partial charge in [0.25, 0.3) is 0 Å². The van der Waals surface area contributed by atoms with E-state index in [4.69, 9.17) is 28.9 Å². The molecular formula is C14H12BrCl2N. The van der Waals surface area contributed by atoms with Gasteiger partial charge in [0.15, 0.2) is 0 Å². The highest BCUT2D eigenvalue weighted by atomic mass is 79.9. The minimum atomic E-state index is -0.0986. The molecule has 0 heterocycles. The quantitative estimate of drug-likeness (QED) is 0.833. The summed E-state index contributed by atoms with van der Waals surface area (Å²) in [5, 5.41) is 1.38. The molecule has 18 heavy (non-hydrogen) atoms. The van der Waals surface area contributed by atoms with Crippen molar-refractivity contribution in [3.63, 3.8) is 0 Å². The Kier molecular flexibility index (Phi) is 4.68. The number of hydrogen-bond acceptors (Lipinski definition) is 1. The third-order valence-corrected chi connectivity index (χ3v) is 3.82. The Hall–Kier alpha value is -0.540. The van der Waals surface area contributed by atoms with E-state index in [1.165, 1.54) is 0 Å². The van der Waals surface area contributed by atoms with E-state index in [-0.39, 0.29) is 6.04 Å². The maximum absolute atomic E-state index is 6.19. The SMILES string of the molecule is NC(Cc1cc(Cl)ccc1Cl)c1cccc(Br)c1. The van der Waals surface area contributed by atoms with Crippen LogP contribution in [0, 0.1) is 0 Å². The van der Waals surface area contributed by atoms with Crippen LogP contribution in [0.25, 0.3) is 0 Å². The number of hydrogen-bond donors (Lipinski definition) is 1. The molecule has 2 aromatic rings. The van der Waals surface area contributed by atoms with E-state index in [1.807, 2.05) is 30.3 Å². The molecule has 0 aromatic heterocycles. The van der Waals surface area contributed by atoms with Crippen molar-refractivity contribution in [3.05, 3.63) is 68.1 Å². The molecule has 0 bridgehead atoms. The van der Waals surface area contributed by atoms with Crippen molar-refractivity contribution in [2.45, 2.75) is 12.5 Å². The molecule has 0 fully saturated rings. The maximum atomic E-state index is 6.19. The molecule has 94 valence electrons. The number of halogens is 3. The molecule has 1 atom stereocenters. The van der Waals surface area contributed by atoms with Crippen LogP contribution in [0.4, 0.5) is 0 Å². The van der Waals surface area contributed by atoms with Gasteiger partial charge >= 0.3 is 0 Å². The summed E-state index contributed by atoms with van der Waals surface area (Å²) >= 11 is 15.5. The van der Waals surface area contributed by atoms with Crippen molar-refractivity contribution < 1.29 is 0 Å². The van der Waals surface area contributed by atoms with Gasteiger partial charge in [-0.3, -0.25) is 0 Å². The van der Waals surface area contributed by atoms with E-state index in [9.17, 15) is 0 Å². The van der Waals surface area contributed by atoms with E-state index < -0.39 is 0 Å². The van der Waals surface area contributed by atoms with Gasteiger partial charge in [-0.2, -0.15) is 0 Å². The first-order valence-electron chi connectivity index (χ1n) is 5.51. The lowest BCUT2D eigenvalue weighted by atomic mass is 10.00. The second kappa shape index (κ2) is 6.07. The Labute approximate surface area is 125 Å². The molecule has 0 aliphatic heterocycles. The first-order chi connectivity index (χ1) is 8.56. The molecule has 0 radical (unpaired) electrons. The van der Waals surface area contributed by atoms with E-state index in [2.05, 4.69) is 15.9 Å². The molecule has 2 rings (SSSR count). The molecule has 2 aromatic carbocycles. The number of nitrogens with two attached hydrogens (primary N) is 1. The molecule has 2 N–H and O–H groups in total. The fraction of sp³-hybridized carbons (Fsp3) is 0.143. The largest absolute Gasteiger partial charge is 0.324 e. The summed E-state index contributed by atoms with van der Waals surface area (Å²) in [6, 6.07) is 13.3. The monoisotopic (exact) mass is 343 g/mol. The Balaban J connectivity index is 2.21. The van der Waals surface area contributed by atoms with Crippen molar-refractivity contribution in [2.24, 2.45) is 5.73 Å². The predicted molar refractivity (Wildman–Crippen MR) is 81.2 cm³/mol. The van der Waals surface area contributed by atoms with E-state index in [1.54, 1.807) is 12.1 Å². The number of rotatable bonds is 3. The van der Waals surface area contributed by atoms with Gasteiger partial charge in [-0.25, -0.2) is 0 Å². The third kappa shape index (κ3) is 3.48. The van der Waals surface area contributed by atoms with Gasteiger partial charge in [-0.1, -0.05) is 51.3 Å². The summed E-state index contributed by atoms with van der Waals surface area (Å²) in [6.45, 7) is 0. The summed E-state index contributed by atoms with van der Waals surface area (Å²) in [5.41, 5.74) is 8.23.